The van der Waals surface area contributed by atoms with Crippen molar-refractivity contribution in [2.75, 3.05) is 59.4 Å². The first-order chi connectivity index (χ1) is 26.0. The Morgan fingerprint density at radius 1 is 0.673 bits per heavy atom. The Labute approximate surface area is 311 Å². The van der Waals surface area contributed by atoms with Gasteiger partial charge in [0.1, 0.15) is 25.4 Å². The molecule has 22 heteroatoms. The Bertz CT molecular complexity index is 1460. The Balaban J connectivity index is 1.64. The lowest BCUT2D eigenvalue weighted by molar-refractivity contribution is -0.277. The van der Waals surface area contributed by atoms with Gasteiger partial charge in [0.25, 0.3) is 0 Å². The minimum atomic E-state index is -2.40. The number of carbonyl (C=O) groups is 6. The second kappa shape index (κ2) is 24.1. The van der Waals surface area contributed by atoms with E-state index in [1.807, 2.05) is 0 Å². The number of ether oxygens (including phenoxy) is 9. The molecule has 1 fully saturated rings. The summed E-state index contributed by atoms with van der Waals surface area (Å²) in [4.78, 5) is 71.1. The topological polar surface area (TPSA) is 210 Å². The lowest BCUT2D eigenvalue weighted by atomic mass is 9.96. The molecule has 310 valence electrons. The van der Waals surface area contributed by atoms with Crippen molar-refractivity contribution in [2.45, 2.75) is 77.6 Å². The summed E-state index contributed by atoms with van der Waals surface area (Å²) in [6, 6.07) is -1.11. The Morgan fingerprint density at radius 2 is 1.24 bits per heavy atom. The molecular formula is C33H43F5N2O15. The highest BCUT2D eigenvalue weighted by atomic mass is 19.2. The van der Waals surface area contributed by atoms with Crippen molar-refractivity contribution in [1.29, 1.82) is 0 Å². The average Bonchev–Trinajstić information content (AvgIpc) is 3.11. The van der Waals surface area contributed by atoms with Crippen LogP contribution in [0.1, 0.15) is 47.0 Å². The SMILES string of the molecule is CC(=O)N[C@H]1[C@H](OCCCCC(=O)NCCOCCOCCOCC(=O)Oc2c(F)c(F)c(F)c(F)c2F)O[C@H](COC(C)=O)[C@H](OC(C)=O)[C@@H]1OC(C)=O. The van der Waals surface area contributed by atoms with Gasteiger partial charge in [-0.15, -0.1) is 0 Å². The van der Waals surface area contributed by atoms with E-state index in [0.29, 0.717) is 12.8 Å². The number of nitrogens with one attached hydrogen (secondary N) is 2. The molecule has 0 aliphatic carbocycles. The molecule has 0 spiro atoms. The van der Waals surface area contributed by atoms with Crippen LogP contribution < -0.4 is 15.4 Å². The summed E-state index contributed by atoms with van der Waals surface area (Å²) >= 11 is 0. The number of esters is 4. The molecule has 0 saturated carbocycles. The number of unbranched alkanes of at least 4 members (excludes halogenated alkanes) is 1. The van der Waals surface area contributed by atoms with Crippen molar-refractivity contribution in [3.63, 3.8) is 0 Å². The van der Waals surface area contributed by atoms with Crippen molar-refractivity contribution < 1.29 is 93.4 Å². The Hall–Kier alpha value is -4.51. The molecule has 17 nitrogen and oxygen atoms in total. The van der Waals surface area contributed by atoms with Crippen LogP contribution in [0.4, 0.5) is 22.0 Å². The smallest absolute Gasteiger partial charge is 0.337 e. The average molecular weight is 803 g/mol. The van der Waals surface area contributed by atoms with Crippen LogP contribution in [0.15, 0.2) is 0 Å². The second-order valence-electron chi connectivity index (χ2n) is 11.5. The van der Waals surface area contributed by atoms with Crippen molar-refractivity contribution in [3.8, 4) is 5.75 Å². The Kier molecular flexibility index (Phi) is 20.4. The predicted octanol–water partition coefficient (Wildman–Crippen LogP) is 1.30. The summed E-state index contributed by atoms with van der Waals surface area (Å²) in [5.74, 6) is -17.6. The third-order valence-electron chi connectivity index (χ3n) is 7.07. The number of hydrogen-bond acceptors (Lipinski definition) is 15. The van der Waals surface area contributed by atoms with Gasteiger partial charge in [0.2, 0.25) is 46.6 Å². The molecule has 0 radical (unpaired) electrons. The quantitative estimate of drug-likeness (QED) is 0.0304. The highest BCUT2D eigenvalue weighted by Gasteiger charge is 2.51. The van der Waals surface area contributed by atoms with Gasteiger partial charge < -0.3 is 53.3 Å². The largest absolute Gasteiger partial charge is 0.463 e. The standard InChI is InChI=1S/C33H43F5N2O15/c1-17(41)40-29-32(53-20(4)44)30(52-19(3)43)21(15-51-18(2)42)54-33(29)50-9-6-5-7-22(45)39-8-10-47-11-12-48-13-14-49-16-23(46)55-31-27(37)25(35)24(34)26(36)28(31)38/h21,29-30,32-33H,5-16H2,1-4H3,(H,39,45)(H,40,41)/t21-,29-,30+,32-,33-/m1/s1. The minimum absolute atomic E-state index is 0.0377. The van der Waals surface area contributed by atoms with Crippen LogP contribution in [0.3, 0.4) is 0 Å². The number of hydrogen-bond donors (Lipinski definition) is 2. The van der Waals surface area contributed by atoms with Crippen molar-refractivity contribution in [2.24, 2.45) is 0 Å². The molecular weight excluding hydrogens is 759 g/mol. The van der Waals surface area contributed by atoms with E-state index in [9.17, 15) is 50.7 Å². The van der Waals surface area contributed by atoms with E-state index in [0.717, 1.165) is 20.8 Å². The van der Waals surface area contributed by atoms with E-state index in [1.165, 1.54) is 6.92 Å². The lowest BCUT2D eigenvalue weighted by Crippen LogP contribution is -2.66. The molecule has 0 aromatic heterocycles. The first-order valence-electron chi connectivity index (χ1n) is 16.8. The number of carbonyl (C=O) groups excluding carboxylic acids is 6. The molecule has 2 rings (SSSR count). The third-order valence-corrected chi connectivity index (χ3v) is 7.07. The number of benzene rings is 1. The molecule has 55 heavy (non-hydrogen) atoms. The zero-order valence-corrected chi connectivity index (χ0v) is 30.4. The maximum atomic E-state index is 13.6. The fraction of sp³-hybridized carbons (Fsp3) is 0.636. The normalized spacial score (nSPS) is 19.3. The van der Waals surface area contributed by atoms with Crippen LogP contribution in [-0.4, -0.2) is 126 Å². The number of amides is 2. The van der Waals surface area contributed by atoms with Crippen LogP contribution in [0.25, 0.3) is 0 Å². The van der Waals surface area contributed by atoms with Crippen LogP contribution in [0.5, 0.6) is 5.75 Å². The van der Waals surface area contributed by atoms with E-state index in [1.54, 1.807) is 0 Å². The summed E-state index contributed by atoms with van der Waals surface area (Å²) in [6.07, 6.45) is -3.98. The molecule has 2 amide bonds. The molecule has 1 saturated heterocycles. The predicted molar refractivity (Wildman–Crippen MR) is 171 cm³/mol. The molecule has 2 N–H and O–H groups in total. The van der Waals surface area contributed by atoms with Gasteiger partial charge in [0, 0.05) is 47.3 Å². The van der Waals surface area contributed by atoms with Crippen LogP contribution in [-0.2, 0) is 66.7 Å². The second-order valence-corrected chi connectivity index (χ2v) is 11.5. The summed E-state index contributed by atoms with van der Waals surface area (Å²) in [5.41, 5.74) is 0. The first-order valence-corrected chi connectivity index (χ1v) is 16.8. The van der Waals surface area contributed by atoms with E-state index in [2.05, 4.69) is 15.4 Å². The molecule has 1 aliphatic rings. The summed E-state index contributed by atoms with van der Waals surface area (Å²) in [6.45, 7) is 3.73. The molecule has 5 atom stereocenters. The summed E-state index contributed by atoms with van der Waals surface area (Å²) in [5, 5.41) is 5.26. The fourth-order valence-electron chi connectivity index (χ4n) is 4.78. The maximum Gasteiger partial charge on any atom is 0.337 e. The lowest BCUT2D eigenvalue weighted by Gasteiger charge is -2.44. The summed E-state index contributed by atoms with van der Waals surface area (Å²) in [7, 11) is 0. The zero-order chi connectivity index (χ0) is 41.1. The highest BCUT2D eigenvalue weighted by Crippen LogP contribution is 2.30. The van der Waals surface area contributed by atoms with Gasteiger partial charge in [-0.05, 0) is 12.8 Å². The molecule has 1 aromatic rings. The van der Waals surface area contributed by atoms with Gasteiger partial charge in [-0.1, -0.05) is 0 Å². The van der Waals surface area contributed by atoms with Gasteiger partial charge in [0.05, 0.1) is 33.0 Å². The Morgan fingerprint density at radius 3 is 1.82 bits per heavy atom. The van der Waals surface area contributed by atoms with E-state index in [4.69, 9.17) is 37.9 Å². The van der Waals surface area contributed by atoms with Crippen molar-refractivity contribution in [1.82, 2.24) is 10.6 Å². The number of rotatable bonds is 23. The van der Waals surface area contributed by atoms with Gasteiger partial charge in [-0.25, -0.2) is 18.0 Å². The third kappa shape index (κ3) is 16.4. The van der Waals surface area contributed by atoms with Crippen molar-refractivity contribution in [3.05, 3.63) is 29.1 Å². The zero-order valence-electron chi connectivity index (χ0n) is 30.4. The molecule has 0 bridgehead atoms. The molecule has 0 unspecified atom stereocenters. The van der Waals surface area contributed by atoms with Crippen LogP contribution in [0, 0.1) is 29.1 Å². The van der Waals surface area contributed by atoms with E-state index in [-0.39, 0.29) is 65.1 Å². The van der Waals surface area contributed by atoms with Crippen LogP contribution >= 0.6 is 0 Å². The number of halogens is 5. The maximum absolute atomic E-state index is 13.6. The van der Waals surface area contributed by atoms with Crippen LogP contribution in [0.2, 0.25) is 0 Å². The first kappa shape index (κ1) is 46.6. The monoisotopic (exact) mass is 802 g/mol. The summed E-state index contributed by atoms with van der Waals surface area (Å²) < 4.78 is 114. The highest BCUT2D eigenvalue weighted by molar-refractivity contribution is 5.76. The molecule has 1 aromatic carbocycles. The fourth-order valence-corrected chi connectivity index (χ4v) is 4.78. The van der Waals surface area contributed by atoms with Gasteiger partial charge in [-0.2, -0.15) is 8.78 Å². The van der Waals surface area contributed by atoms with E-state index < -0.39 is 102 Å². The van der Waals surface area contributed by atoms with Gasteiger partial charge in [0.15, 0.2) is 18.5 Å². The molecule has 1 aliphatic heterocycles. The van der Waals surface area contributed by atoms with E-state index >= 15 is 0 Å². The van der Waals surface area contributed by atoms with Gasteiger partial charge in [-0.3, -0.25) is 24.0 Å². The van der Waals surface area contributed by atoms with Gasteiger partial charge >= 0.3 is 23.9 Å². The minimum Gasteiger partial charge on any atom is -0.463 e. The molecule has 1 heterocycles. The van der Waals surface area contributed by atoms with Crippen molar-refractivity contribution >= 4 is 35.7 Å².